The summed E-state index contributed by atoms with van der Waals surface area (Å²) in [6, 6.07) is 9.59. The van der Waals surface area contributed by atoms with Crippen molar-refractivity contribution < 1.29 is 0 Å². The number of rotatable bonds is 8. The molecule has 2 N–H and O–H groups in total. The van der Waals surface area contributed by atoms with Crippen LogP contribution in [0.5, 0.6) is 0 Å². The minimum absolute atomic E-state index is 0.410. The van der Waals surface area contributed by atoms with Crippen LogP contribution < -0.4 is 5.73 Å². The molecular formula is C19H30N2. The van der Waals surface area contributed by atoms with Gasteiger partial charge in [0.2, 0.25) is 0 Å². The zero-order valence-corrected chi connectivity index (χ0v) is 13.6. The highest BCUT2D eigenvalue weighted by Gasteiger charge is 2.32. The highest BCUT2D eigenvalue weighted by Crippen LogP contribution is 2.37. The average molecular weight is 286 g/mol. The Labute approximate surface area is 129 Å². The second-order valence-corrected chi connectivity index (χ2v) is 7.41. The zero-order chi connectivity index (χ0) is 14.8. The highest BCUT2D eigenvalue weighted by molar-refractivity contribution is 5.27. The summed E-state index contributed by atoms with van der Waals surface area (Å²) in [7, 11) is 0. The Kier molecular flexibility index (Phi) is 4.66. The van der Waals surface area contributed by atoms with Crippen LogP contribution in [0.3, 0.4) is 0 Å². The Morgan fingerprint density at radius 1 is 0.952 bits per heavy atom. The summed E-state index contributed by atoms with van der Waals surface area (Å²) in [5.41, 5.74) is 8.98. The number of nitrogens with zero attached hydrogens (tertiary/aromatic N) is 1. The smallest absolute Gasteiger partial charge is 0.0470 e. The van der Waals surface area contributed by atoms with Crippen molar-refractivity contribution in [3.8, 4) is 0 Å². The zero-order valence-electron chi connectivity index (χ0n) is 13.6. The van der Waals surface area contributed by atoms with Gasteiger partial charge in [-0.1, -0.05) is 38.1 Å². The molecule has 2 nitrogen and oxygen atoms in total. The van der Waals surface area contributed by atoms with E-state index in [9.17, 15) is 0 Å². The molecule has 1 atom stereocenters. The summed E-state index contributed by atoms with van der Waals surface area (Å²) in [6.07, 6.45) is 5.69. The van der Waals surface area contributed by atoms with Crippen molar-refractivity contribution in [3.05, 3.63) is 35.4 Å². The molecule has 0 bridgehead atoms. The van der Waals surface area contributed by atoms with E-state index in [4.69, 9.17) is 5.73 Å². The molecule has 116 valence electrons. The van der Waals surface area contributed by atoms with E-state index in [1.54, 1.807) is 0 Å². The lowest BCUT2D eigenvalue weighted by Crippen LogP contribution is -2.36. The average Bonchev–Trinajstić information content (AvgIpc) is 3.36. The van der Waals surface area contributed by atoms with Crippen molar-refractivity contribution in [3.63, 3.8) is 0 Å². The van der Waals surface area contributed by atoms with Gasteiger partial charge in [0.15, 0.2) is 0 Å². The largest absolute Gasteiger partial charge is 0.329 e. The van der Waals surface area contributed by atoms with Gasteiger partial charge in [0, 0.05) is 25.7 Å². The van der Waals surface area contributed by atoms with Crippen LogP contribution in [0.15, 0.2) is 24.3 Å². The van der Waals surface area contributed by atoms with Crippen LogP contribution in [0.25, 0.3) is 0 Å². The summed E-state index contributed by atoms with van der Waals surface area (Å²) >= 11 is 0. The van der Waals surface area contributed by atoms with Crippen LogP contribution in [-0.4, -0.2) is 24.5 Å². The van der Waals surface area contributed by atoms with Crippen molar-refractivity contribution in [2.75, 3.05) is 19.6 Å². The van der Waals surface area contributed by atoms with Gasteiger partial charge in [-0.05, 0) is 54.6 Å². The topological polar surface area (TPSA) is 29.3 Å². The second kappa shape index (κ2) is 6.50. The molecule has 0 heterocycles. The molecular weight excluding hydrogens is 256 g/mol. The fourth-order valence-electron chi connectivity index (χ4n) is 3.19. The number of nitrogens with two attached hydrogens (primary N) is 1. The van der Waals surface area contributed by atoms with E-state index in [-0.39, 0.29) is 0 Å². The maximum atomic E-state index is 6.15. The van der Waals surface area contributed by atoms with Gasteiger partial charge in [0.1, 0.15) is 0 Å². The van der Waals surface area contributed by atoms with Crippen LogP contribution in [0.4, 0.5) is 0 Å². The van der Waals surface area contributed by atoms with Gasteiger partial charge in [-0.25, -0.2) is 0 Å². The number of benzene rings is 1. The van der Waals surface area contributed by atoms with Crippen LogP contribution >= 0.6 is 0 Å². The van der Waals surface area contributed by atoms with Gasteiger partial charge >= 0.3 is 0 Å². The van der Waals surface area contributed by atoms with Crippen molar-refractivity contribution in [1.29, 1.82) is 0 Å². The molecule has 21 heavy (non-hydrogen) atoms. The summed E-state index contributed by atoms with van der Waals surface area (Å²) in [6.45, 7) is 7.75. The summed E-state index contributed by atoms with van der Waals surface area (Å²) in [5, 5.41) is 0. The van der Waals surface area contributed by atoms with E-state index in [1.165, 1.54) is 49.9 Å². The standard InChI is InChI=1S/C19H30N2/c1-14(2)17-7-9-18(10-8-17)19(11-20)21(12-15-3-4-15)13-16-5-6-16/h7-10,14-16,19H,3-6,11-13,20H2,1-2H3. The summed E-state index contributed by atoms with van der Waals surface area (Å²) in [4.78, 5) is 2.68. The quantitative estimate of drug-likeness (QED) is 0.784. The predicted molar refractivity (Wildman–Crippen MR) is 89.3 cm³/mol. The summed E-state index contributed by atoms with van der Waals surface area (Å²) < 4.78 is 0. The first-order chi connectivity index (χ1) is 10.2. The van der Waals surface area contributed by atoms with Crippen LogP contribution in [0.1, 0.15) is 62.6 Å². The lowest BCUT2D eigenvalue weighted by atomic mass is 9.98. The fourth-order valence-corrected chi connectivity index (χ4v) is 3.19. The number of hydrogen-bond acceptors (Lipinski definition) is 2. The second-order valence-electron chi connectivity index (χ2n) is 7.41. The molecule has 2 saturated carbocycles. The third-order valence-corrected chi connectivity index (χ3v) is 5.03. The third-order valence-electron chi connectivity index (χ3n) is 5.03. The molecule has 0 saturated heterocycles. The van der Waals surface area contributed by atoms with Crippen LogP contribution in [-0.2, 0) is 0 Å². The van der Waals surface area contributed by atoms with E-state index in [0.717, 1.165) is 18.4 Å². The maximum Gasteiger partial charge on any atom is 0.0470 e. The van der Waals surface area contributed by atoms with Crippen molar-refractivity contribution in [2.45, 2.75) is 51.5 Å². The normalized spacial score (nSPS) is 20.2. The molecule has 0 spiro atoms. The lowest BCUT2D eigenvalue weighted by Gasteiger charge is -2.31. The first-order valence-electron chi connectivity index (χ1n) is 8.71. The van der Waals surface area contributed by atoms with E-state index in [1.807, 2.05) is 0 Å². The number of hydrogen-bond donors (Lipinski definition) is 1. The summed E-state index contributed by atoms with van der Waals surface area (Å²) in [5.74, 6) is 2.48. The predicted octanol–water partition coefficient (Wildman–Crippen LogP) is 3.93. The molecule has 0 radical (unpaired) electrons. The Morgan fingerprint density at radius 2 is 1.43 bits per heavy atom. The van der Waals surface area contributed by atoms with Gasteiger partial charge in [0.25, 0.3) is 0 Å². The van der Waals surface area contributed by atoms with E-state index in [0.29, 0.717) is 12.0 Å². The Hall–Kier alpha value is -0.860. The van der Waals surface area contributed by atoms with Crippen molar-refractivity contribution in [2.24, 2.45) is 17.6 Å². The van der Waals surface area contributed by atoms with Gasteiger partial charge < -0.3 is 5.73 Å². The van der Waals surface area contributed by atoms with Gasteiger partial charge in [-0.3, -0.25) is 4.90 Å². The first-order valence-corrected chi connectivity index (χ1v) is 8.71. The molecule has 1 unspecified atom stereocenters. The minimum atomic E-state index is 0.410. The maximum absolute atomic E-state index is 6.15. The Bertz CT molecular complexity index is 429. The van der Waals surface area contributed by atoms with Crippen molar-refractivity contribution >= 4 is 0 Å². The van der Waals surface area contributed by atoms with E-state index < -0.39 is 0 Å². The minimum Gasteiger partial charge on any atom is -0.329 e. The highest BCUT2D eigenvalue weighted by atomic mass is 15.2. The first kappa shape index (κ1) is 15.1. The van der Waals surface area contributed by atoms with Gasteiger partial charge in [-0.2, -0.15) is 0 Å². The molecule has 1 aromatic carbocycles. The van der Waals surface area contributed by atoms with Gasteiger partial charge in [-0.15, -0.1) is 0 Å². The molecule has 1 aromatic rings. The molecule has 2 heteroatoms. The van der Waals surface area contributed by atoms with Gasteiger partial charge in [0.05, 0.1) is 0 Å². The van der Waals surface area contributed by atoms with E-state index in [2.05, 4.69) is 43.0 Å². The molecule has 0 aromatic heterocycles. The molecule has 2 fully saturated rings. The van der Waals surface area contributed by atoms with Crippen molar-refractivity contribution in [1.82, 2.24) is 4.90 Å². The van der Waals surface area contributed by atoms with Crippen LogP contribution in [0.2, 0.25) is 0 Å². The fraction of sp³-hybridized carbons (Fsp3) is 0.684. The molecule has 0 amide bonds. The Balaban J connectivity index is 1.72. The Morgan fingerprint density at radius 3 is 1.81 bits per heavy atom. The molecule has 3 rings (SSSR count). The van der Waals surface area contributed by atoms with E-state index >= 15 is 0 Å². The van der Waals surface area contributed by atoms with Crippen LogP contribution in [0, 0.1) is 11.8 Å². The molecule has 0 aliphatic heterocycles. The monoisotopic (exact) mass is 286 g/mol. The molecule has 2 aliphatic rings. The lowest BCUT2D eigenvalue weighted by molar-refractivity contribution is 0.185. The SMILES string of the molecule is CC(C)c1ccc(C(CN)N(CC2CC2)CC2CC2)cc1. The third kappa shape index (κ3) is 4.08. The molecule has 2 aliphatic carbocycles.